The summed E-state index contributed by atoms with van der Waals surface area (Å²) in [4.78, 5) is 34.4. The summed E-state index contributed by atoms with van der Waals surface area (Å²) in [6.45, 7) is -0.0866. The number of hydrogen-bond donors (Lipinski definition) is 2. The molecule has 2 N–H and O–H groups in total. The first-order chi connectivity index (χ1) is 8.88. The van der Waals surface area contributed by atoms with Gasteiger partial charge in [-0.1, -0.05) is 0 Å². The van der Waals surface area contributed by atoms with Crippen molar-refractivity contribution in [2.24, 2.45) is 5.92 Å². The first-order valence-corrected chi connectivity index (χ1v) is 5.45. The van der Waals surface area contributed by atoms with Gasteiger partial charge >= 0.3 is 11.9 Å². The van der Waals surface area contributed by atoms with Crippen LogP contribution < -0.4 is 4.90 Å². The maximum absolute atomic E-state index is 13.3. The van der Waals surface area contributed by atoms with Gasteiger partial charge in [0.25, 0.3) is 0 Å². The highest BCUT2D eigenvalue weighted by Crippen LogP contribution is 2.27. The third-order valence-electron chi connectivity index (χ3n) is 2.92. The number of halogens is 1. The van der Waals surface area contributed by atoms with E-state index < -0.39 is 29.6 Å². The Bertz CT molecular complexity index is 571. The van der Waals surface area contributed by atoms with E-state index in [9.17, 15) is 18.8 Å². The molecule has 1 heterocycles. The molecular formula is C12H10FNO5. The monoisotopic (exact) mass is 267 g/mol. The average Bonchev–Trinajstić information content (AvgIpc) is 2.70. The van der Waals surface area contributed by atoms with Crippen molar-refractivity contribution in [1.82, 2.24) is 0 Å². The number of carbonyl (C=O) groups is 3. The van der Waals surface area contributed by atoms with E-state index in [0.29, 0.717) is 0 Å². The maximum atomic E-state index is 13.3. The summed E-state index contributed by atoms with van der Waals surface area (Å²) in [5.41, 5.74) is -0.229. The Labute approximate surface area is 107 Å². The number of aromatic carboxylic acids is 1. The van der Waals surface area contributed by atoms with Crippen LogP contribution in [0.3, 0.4) is 0 Å². The number of carboxylic acids is 2. The molecule has 1 amide bonds. The molecule has 0 saturated carbocycles. The van der Waals surface area contributed by atoms with Crippen molar-refractivity contribution in [2.45, 2.75) is 6.42 Å². The highest BCUT2D eigenvalue weighted by Gasteiger charge is 2.35. The quantitative estimate of drug-likeness (QED) is 0.850. The molecule has 0 spiro atoms. The van der Waals surface area contributed by atoms with Crippen LogP contribution in [-0.2, 0) is 9.59 Å². The molecule has 1 fully saturated rings. The van der Waals surface area contributed by atoms with Gasteiger partial charge in [-0.3, -0.25) is 9.59 Å². The predicted octanol–water partition coefficient (Wildman–Crippen LogP) is 0.961. The van der Waals surface area contributed by atoms with Gasteiger partial charge in [0.05, 0.1) is 11.5 Å². The fourth-order valence-electron chi connectivity index (χ4n) is 1.98. The lowest BCUT2D eigenvalue weighted by Crippen LogP contribution is -2.26. The molecule has 1 aromatic carbocycles. The van der Waals surface area contributed by atoms with Crippen molar-refractivity contribution < 1.29 is 29.0 Å². The van der Waals surface area contributed by atoms with Crippen molar-refractivity contribution in [2.75, 3.05) is 11.4 Å². The first-order valence-electron chi connectivity index (χ1n) is 5.45. The SMILES string of the molecule is O=C(O)c1cc(F)cc(N2CC(C(=O)O)CC2=O)c1. The number of amides is 1. The summed E-state index contributed by atoms with van der Waals surface area (Å²) in [5.74, 6) is -4.53. The lowest BCUT2D eigenvalue weighted by molar-refractivity contribution is -0.141. The molecule has 2 rings (SSSR count). The minimum atomic E-state index is -1.32. The molecule has 0 bridgehead atoms. The molecule has 0 aliphatic carbocycles. The van der Waals surface area contributed by atoms with E-state index in [2.05, 4.69) is 0 Å². The molecular weight excluding hydrogens is 257 g/mol. The summed E-state index contributed by atoms with van der Waals surface area (Å²) in [5, 5.41) is 17.7. The van der Waals surface area contributed by atoms with Crippen LogP contribution in [0.25, 0.3) is 0 Å². The summed E-state index contributed by atoms with van der Waals surface area (Å²) >= 11 is 0. The van der Waals surface area contributed by atoms with E-state index in [4.69, 9.17) is 10.2 Å². The number of anilines is 1. The Hall–Kier alpha value is -2.44. The van der Waals surface area contributed by atoms with Crippen molar-refractivity contribution in [1.29, 1.82) is 0 Å². The number of aliphatic carboxylic acids is 1. The van der Waals surface area contributed by atoms with Gasteiger partial charge in [0.15, 0.2) is 0 Å². The normalized spacial score (nSPS) is 18.7. The minimum Gasteiger partial charge on any atom is -0.481 e. The predicted molar refractivity (Wildman–Crippen MR) is 61.5 cm³/mol. The Morgan fingerprint density at radius 3 is 2.47 bits per heavy atom. The van der Waals surface area contributed by atoms with Gasteiger partial charge in [0.1, 0.15) is 5.82 Å². The van der Waals surface area contributed by atoms with Crippen molar-refractivity contribution in [3.63, 3.8) is 0 Å². The lowest BCUT2D eigenvalue weighted by Gasteiger charge is -2.16. The van der Waals surface area contributed by atoms with Crippen molar-refractivity contribution in [3.8, 4) is 0 Å². The maximum Gasteiger partial charge on any atom is 0.335 e. The van der Waals surface area contributed by atoms with E-state index in [1.807, 2.05) is 0 Å². The van der Waals surface area contributed by atoms with Gasteiger partial charge in [0.2, 0.25) is 5.91 Å². The molecule has 1 unspecified atom stereocenters. The molecule has 100 valence electrons. The third-order valence-corrected chi connectivity index (χ3v) is 2.92. The highest BCUT2D eigenvalue weighted by atomic mass is 19.1. The minimum absolute atomic E-state index is 0.0613. The number of benzene rings is 1. The van der Waals surface area contributed by atoms with Gasteiger partial charge in [-0.05, 0) is 18.2 Å². The lowest BCUT2D eigenvalue weighted by atomic mass is 10.1. The van der Waals surface area contributed by atoms with Crippen molar-refractivity contribution in [3.05, 3.63) is 29.6 Å². The summed E-state index contributed by atoms with van der Waals surface area (Å²) < 4.78 is 13.3. The third kappa shape index (κ3) is 2.54. The van der Waals surface area contributed by atoms with Crippen LogP contribution in [0.1, 0.15) is 16.8 Å². The van der Waals surface area contributed by atoms with Gasteiger partial charge in [-0.2, -0.15) is 0 Å². The molecule has 1 saturated heterocycles. The largest absolute Gasteiger partial charge is 0.481 e. The van der Waals surface area contributed by atoms with Crippen LogP contribution >= 0.6 is 0 Å². The fraction of sp³-hybridized carbons (Fsp3) is 0.250. The zero-order valence-corrected chi connectivity index (χ0v) is 9.67. The van der Waals surface area contributed by atoms with Crippen LogP contribution in [0.2, 0.25) is 0 Å². The molecule has 1 aliphatic heterocycles. The Morgan fingerprint density at radius 2 is 1.95 bits per heavy atom. The molecule has 7 heteroatoms. The summed E-state index contributed by atoms with van der Waals surface area (Å²) in [7, 11) is 0. The van der Waals surface area contributed by atoms with E-state index in [1.165, 1.54) is 0 Å². The van der Waals surface area contributed by atoms with Crippen LogP contribution in [0.4, 0.5) is 10.1 Å². The number of nitrogens with zero attached hydrogens (tertiary/aromatic N) is 1. The molecule has 6 nitrogen and oxygen atoms in total. The summed E-state index contributed by atoms with van der Waals surface area (Å²) in [6, 6.07) is 2.99. The topological polar surface area (TPSA) is 94.9 Å². The molecule has 19 heavy (non-hydrogen) atoms. The van der Waals surface area contributed by atoms with Crippen molar-refractivity contribution >= 4 is 23.5 Å². The standard InChI is InChI=1S/C12H10FNO5/c13-8-1-6(11(16)17)2-9(4-8)14-5-7(12(18)19)3-10(14)15/h1-2,4,7H,3,5H2,(H,16,17)(H,18,19). The Balaban J connectivity index is 2.34. The number of rotatable bonds is 3. The van der Waals surface area contributed by atoms with Crippen LogP contribution in [0, 0.1) is 11.7 Å². The number of carboxylic acid groups (broad SMARTS) is 2. The highest BCUT2D eigenvalue weighted by molar-refractivity contribution is 6.00. The van der Waals surface area contributed by atoms with Crippen LogP contribution in [0.15, 0.2) is 18.2 Å². The molecule has 0 radical (unpaired) electrons. The average molecular weight is 267 g/mol. The van der Waals surface area contributed by atoms with Gasteiger partial charge in [-0.25, -0.2) is 9.18 Å². The van der Waals surface area contributed by atoms with Crippen LogP contribution in [0.5, 0.6) is 0 Å². The zero-order chi connectivity index (χ0) is 14.2. The van der Waals surface area contributed by atoms with E-state index >= 15 is 0 Å². The fourth-order valence-corrected chi connectivity index (χ4v) is 1.98. The summed E-state index contributed by atoms with van der Waals surface area (Å²) in [6.07, 6.45) is -0.172. The molecule has 1 aliphatic rings. The zero-order valence-electron chi connectivity index (χ0n) is 9.67. The smallest absolute Gasteiger partial charge is 0.335 e. The Morgan fingerprint density at radius 1 is 1.26 bits per heavy atom. The molecule has 0 aromatic heterocycles. The second-order valence-electron chi connectivity index (χ2n) is 4.25. The van der Waals surface area contributed by atoms with E-state index in [-0.39, 0.29) is 24.2 Å². The molecule has 1 aromatic rings. The number of hydrogen-bond acceptors (Lipinski definition) is 3. The second-order valence-corrected chi connectivity index (χ2v) is 4.25. The molecule has 1 atom stereocenters. The first kappa shape index (κ1) is 13.0. The van der Waals surface area contributed by atoms with E-state index in [1.54, 1.807) is 0 Å². The van der Waals surface area contributed by atoms with Gasteiger partial charge < -0.3 is 15.1 Å². The van der Waals surface area contributed by atoms with Crippen LogP contribution in [-0.4, -0.2) is 34.6 Å². The Kier molecular flexibility index (Phi) is 3.20. The van der Waals surface area contributed by atoms with E-state index in [0.717, 1.165) is 23.1 Å². The number of carbonyl (C=O) groups excluding carboxylic acids is 1. The van der Waals surface area contributed by atoms with Gasteiger partial charge in [0, 0.05) is 18.7 Å². The second kappa shape index (κ2) is 4.68. The van der Waals surface area contributed by atoms with Gasteiger partial charge in [-0.15, -0.1) is 0 Å².